The molecule has 4 fully saturated rings. The van der Waals surface area contributed by atoms with Crippen LogP contribution in [0, 0.1) is 51.8 Å². The number of ether oxygens (including phenoxy) is 2. The van der Waals surface area contributed by atoms with E-state index in [1.54, 1.807) is 0 Å². The van der Waals surface area contributed by atoms with Crippen molar-refractivity contribution in [1.82, 2.24) is 10.6 Å². The number of hydrogen-bond acceptors (Lipinski definition) is 5. The fourth-order valence-corrected chi connectivity index (χ4v) is 12.9. The fourth-order valence-electron chi connectivity index (χ4n) is 12.9. The number of esters is 1. The van der Waals surface area contributed by atoms with Gasteiger partial charge in [-0.05, 0) is 173 Å². The van der Waals surface area contributed by atoms with E-state index in [1.165, 1.54) is 75.2 Å². The summed E-state index contributed by atoms with van der Waals surface area (Å²) in [7, 11) is 1.44. The first-order valence-corrected chi connectivity index (χ1v) is 19.7. The minimum atomic E-state index is -0.478. The predicted molar refractivity (Wildman–Crippen MR) is 203 cm³/mol. The largest absolute Gasteiger partial charge is 0.465 e. The van der Waals surface area contributed by atoms with Gasteiger partial charge in [0.1, 0.15) is 5.60 Å². The van der Waals surface area contributed by atoms with Gasteiger partial charge in [-0.3, -0.25) is 0 Å². The van der Waals surface area contributed by atoms with Crippen molar-refractivity contribution in [3.05, 3.63) is 53.6 Å². The Morgan fingerprint density at radius 1 is 0.880 bits per heavy atom. The molecule has 0 bridgehead atoms. The molecule has 9 unspecified atom stereocenters. The van der Waals surface area contributed by atoms with Gasteiger partial charge in [-0.25, -0.2) is 9.59 Å². The average Bonchev–Trinajstić information content (AvgIpc) is 3.43. The number of rotatable bonds is 8. The van der Waals surface area contributed by atoms with Crippen molar-refractivity contribution >= 4 is 17.6 Å². The Morgan fingerprint density at radius 3 is 2.20 bits per heavy atom. The maximum Gasteiger partial charge on any atom is 0.407 e. The summed E-state index contributed by atoms with van der Waals surface area (Å²) >= 11 is 0. The second-order valence-corrected chi connectivity index (χ2v) is 19.0. The van der Waals surface area contributed by atoms with Gasteiger partial charge >= 0.3 is 12.1 Å². The van der Waals surface area contributed by atoms with Crippen molar-refractivity contribution in [1.29, 1.82) is 0 Å². The Balaban J connectivity index is 1.19. The van der Waals surface area contributed by atoms with E-state index < -0.39 is 5.60 Å². The van der Waals surface area contributed by atoms with Crippen molar-refractivity contribution in [3.63, 3.8) is 0 Å². The van der Waals surface area contributed by atoms with E-state index in [2.05, 4.69) is 70.0 Å². The molecular weight excluding hydrogens is 620 g/mol. The first-order valence-electron chi connectivity index (χ1n) is 19.7. The lowest BCUT2D eigenvalue weighted by Gasteiger charge is -2.68. The number of allylic oxidation sites excluding steroid dienone is 3. The summed E-state index contributed by atoms with van der Waals surface area (Å²) in [6.45, 7) is 24.4. The summed E-state index contributed by atoms with van der Waals surface area (Å²) in [6.07, 6.45) is 14.6. The van der Waals surface area contributed by atoms with Gasteiger partial charge in [-0.15, -0.1) is 0 Å². The highest BCUT2D eigenvalue weighted by molar-refractivity contribution is 5.90. The first kappa shape index (κ1) is 37.2. The molecule has 0 aliphatic heterocycles. The zero-order chi connectivity index (χ0) is 36.3. The van der Waals surface area contributed by atoms with Crippen LogP contribution in [0.5, 0.6) is 0 Å². The Labute approximate surface area is 303 Å². The molecule has 50 heavy (non-hydrogen) atoms. The Hall–Kier alpha value is -2.60. The van der Waals surface area contributed by atoms with Crippen LogP contribution in [0.4, 0.5) is 4.79 Å². The standard InChI is InChI=1S/C44H66N2O4/c1-28(2)31-20-23-44(46-27-11-26-45-39(48)50-40(3,4)5)25-24-42(8)33-18-19-36-41(6,7)32(29-12-14-30(15-13-29)38(47)49-10)21-22-43(36,9)34(33)16-17-35(42)37(31)44/h12-15,21,31,33-37,46H,1,11,16-20,22-27H2,2-10H3,(H,45,48). The SMILES string of the molecule is C=C(C)C1CCC2(NCCCNC(=O)OC(C)(C)C)CCC3(C)C(CCC4C3CCC3C(C)(C)C(c5ccc(C(=O)OC)cc5)=CCC43C)C12. The lowest BCUT2D eigenvalue weighted by molar-refractivity contribution is -0.168. The summed E-state index contributed by atoms with van der Waals surface area (Å²) < 4.78 is 10.4. The molecule has 1 aromatic carbocycles. The van der Waals surface area contributed by atoms with Crippen molar-refractivity contribution in [3.8, 4) is 0 Å². The minimum Gasteiger partial charge on any atom is -0.465 e. The monoisotopic (exact) mass is 687 g/mol. The van der Waals surface area contributed by atoms with Crippen LogP contribution in [-0.2, 0) is 9.47 Å². The van der Waals surface area contributed by atoms with Crippen molar-refractivity contribution in [2.45, 2.75) is 131 Å². The molecule has 5 aliphatic carbocycles. The van der Waals surface area contributed by atoms with Gasteiger partial charge in [0, 0.05) is 12.1 Å². The number of hydrogen-bond donors (Lipinski definition) is 2. The normalized spacial score (nSPS) is 37.3. The van der Waals surface area contributed by atoms with Gasteiger partial charge in [0.05, 0.1) is 12.7 Å². The quantitative estimate of drug-likeness (QED) is 0.162. The van der Waals surface area contributed by atoms with Crippen molar-refractivity contribution in [2.24, 2.45) is 51.8 Å². The first-order chi connectivity index (χ1) is 23.5. The third-order valence-corrected chi connectivity index (χ3v) is 15.0. The second kappa shape index (κ2) is 13.4. The molecule has 4 saturated carbocycles. The minimum absolute atomic E-state index is 0.0585. The van der Waals surface area contributed by atoms with E-state index in [0.717, 1.165) is 31.2 Å². The molecule has 6 heteroatoms. The van der Waals surface area contributed by atoms with Gasteiger partial charge in [-0.2, -0.15) is 0 Å². The lowest BCUT2D eigenvalue weighted by atomic mass is 9.37. The van der Waals surface area contributed by atoms with E-state index in [0.29, 0.717) is 41.2 Å². The number of methoxy groups -OCH3 is 1. The van der Waals surface area contributed by atoms with E-state index in [4.69, 9.17) is 9.47 Å². The number of amides is 1. The highest BCUT2D eigenvalue weighted by Gasteiger charge is 2.66. The molecule has 1 amide bonds. The topological polar surface area (TPSA) is 76.7 Å². The molecular formula is C44H66N2O4. The zero-order valence-corrected chi connectivity index (χ0v) is 32.7. The van der Waals surface area contributed by atoms with E-state index in [9.17, 15) is 9.59 Å². The highest BCUT2D eigenvalue weighted by atomic mass is 16.6. The summed E-state index contributed by atoms with van der Waals surface area (Å²) in [5.74, 6) is 3.78. The third-order valence-electron chi connectivity index (χ3n) is 15.0. The molecule has 0 heterocycles. The average molecular weight is 687 g/mol. The van der Waals surface area contributed by atoms with Gasteiger partial charge in [0.25, 0.3) is 0 Å². The van der Waals surface area contributed by atoms with Crippen molar-refractivity contribution in [2.75, 3.05) is 20.2 Å². The van der Waals surface area contributed by atoms with Crippen molar-refractivity contribution < 1.29 is 19.1 Å². The lowest BCUT2D eigenvalue weighted by Crippen LogP contribution is -2.64. The molecule has 6 nitrogen and oxygen atoms in total. The number of carbonyl (C=O) groups excluding carboxylic acids is 2. The maximum absolute atomic E-state index is 12.2. The van der Waals surface area contributed by atoms with Crippen LogP contribution in [0.25, 0.3) is 5.57 Å². The van der Waals surface area contributed by atoms with Gasteiger partial charge in [0.2, 0.25) is 0 Å². The number of alkyl carbamates (subject to hydrolysis) is 1. The van der Waals surface area contributed by atoms with Crippen LogP contribution < -0.4 is 10.6 Å². The van der Waals surface area contributed by atoms with Crippen LogP contribution in [0.3, 0.4) is 0 Å². The highest BCUT2D eigenvalue weighted by Crippen LogP contribution is 2.72. The van der Waals surface area contributed by atoms with Crippen LogP contribution in [0.1, 0.15) is 136 Å². The molecule has 0 aromatic heterocycles. The van der Waals surface area contributed by atoms with E-state index >= 15 is 0 Å². The fraction of sp³-hybridized carbons (Fsp3) is 0.727. The van der Waals surface area contributed by atoms with Crippen LogP contribution >= 0.6 is 0 Å². The van der Waals surface area contributed by atoms with Gasteiger partial charge in [-0.1, -0.05) is 58.1 Å². The number of benzene rings is 1. The molecule has 9 atom stereocenters. The Kier molecular flexibility index (Phi) is 9.98. The summed E-state index contributed by atoms with van der Waals surface area (Å²) in [4.78, 5) is 24.3. The molecule has 5 aliphatic rings. The molecule has 0 radical (unpaired) electrons. The molecule has 0 spiro atoms. The van der Waals surface area contributed by atoms with E-state index in [-0.39, 0.29) is 28.4 Å². The molecule has 6 rings (SSSR count). The molecule has 1 aromatic rings. The third kappa shape index (κ3) is 6.38. The molecule has 0 saturated heterocycles. The number of nitrogens with one attached hydrogen (secondary N) is 2. The Bertz CT molecular complexity index is 1490. The smallest absolute Gasteiger partial charge is 0.407 e. The summed E-state index contributed by atoms with van der Waals surface area (Å²) in [6, 6.07) is 8.09. The van der Waals surface area contributed by atoms with Crippen LogP contribution in [-0.4, -0.2) is 43.4 Å². The van der Waals surface area contributed by atoms with Crippen LogP contribution in [0.15, 0.2) is 42.5 Å². The number of carbonyl (C=O) groups is 2. The second-order valence-electron chi connectivity index (χ2n) is 19.0. The maximum atomic E-state index is 12.2. The van der Waals surface area contributed by atoms with Gasteiger partial charge in [0.15, 0.2) is 0 Å². The number of fused-ring (bicyclic) bond motifs is 7. The molecule has 2 N–H and O–H groups in total. The molecule has 276 valence electrons. The summed E-state index contributed by atoms with van der Waals surface area (Å²) in [5, 5.41) is 7.12. The van der Waals surface area contributed by atoms with E-state index in [1.807, 2.05) is 32.9 Å². The van der Waals surface area contributed by atoms with Crippen LogP contribution in [0.2, 0.25) is 0 Å². The Morgan fingerprint density at radius 2 is 1.54 bits per heavy atom. The van der Waals surface area contributed by atoms with Gasteiger partial charge < -0.3 is 20.1 Å². The zero-order valence-electron chi connectivity index (χ0n) is 32.7. The summed E-state index contributed by atoms with van der Waals surface area (Å²) in [5.41, 5.74) is 5.05. The predicted octanol–water partition coefficient (Wildman–Crippen LogP) is 9.99.